The number of nitrogens with zero attached hydrogens (tertiary/aromatic N) is 6. The molecular formula is C17H16BrFN6O4. The molecule has 0 saturated carbocycles. The van der Waals surface area contributed by atoms with Crippen molar-refractivity contribution in [2.75, 3.05) is 19.8 Å². The summed E-state index contributed by atoms with van der Waals surface area (Å²) in [5, 5.41) is 11.1. The molecule has 3 rings (SSSR count). The van der Waals surface area contributed by atoms with E-state index in [2.05, 4.69) is 41.4 Å². The van der Waals surface area contributed by atoms with Crippen molar-refractivity contribution in [3.8, 4) is 23.1 Å². The van der Waals surface area contributed by atoms with E-state index in [0.29, 0.717) is 15.9 Å². The van der Waals surface area contributed by atoms with Crippen LogP contribution in [0.5, 0.6) is 11.6 Å². The lowest BCUT2D eigenvalue weighted by molar-refractivity contribution is -0.144. The quantitative estimate of drug-likeness (QED) is 0.345. The molecule has 0 aliphatic heterocycles. The van der Waals surface area contributed by atoms with Gasteiger partial charge in [-0.25, -0.2) is 19.0 Å². The maximum atomic E-state index is 13.2. The number of benzene rings is 1. The van der Waals surface area contributed by atoms with Crippen LogP contribution < -0.4 is 9.47 Å². The van der Waals surface area contributed by atoms with Crippen LogP contribution in [-0.2, 0) is 16.1 Å². The molecule has 1 aromatic carbocycles. The lowest BCUT2D eigenvalue weighted by atomic mass is 10.3. The number of hydrogen-bond donors (Lipinski definition) is 0. The molecule has 2 aromatic heterocycles. The molecule has 29 heavy (non-hydrogen) atoms. The van der Waals surface area contributed by atoms with Crippen LogP contribution in [0.4, 0.5) is 4.39 Å². The first-order valence-corrected chi connectivity index (χ1v) is 9.31. The Hall–Kier alpha value is -3.15. The predicted octanol–water partition coefficient (Wildman–Crippen LogP) is 2.05. The molecule has 0 N–H and O–H groups in total. The summed E-state index contributed by atoms with van der Waals surface area (Å²) < 4.78 is 30.9. The zero-order valence-corrected chi connectivity index (χ0v) is 16.9. The van der Waals surface area contributed by atoms with Crippen molar-refractivity contribution in [3.63, 3.8) is 0 Å². The number of tetrazole rings is 1. The molecule has 2 heterocycles. The second-order valence-electron chi connectivity index (χ2n) is 5.48. The average Bonchev–Trinajstić information content (AvgIpc) is 3.16. The zero-order valence-electron chi connectivity index (χ0n) is 15.3. The van der Waals surface area contributed by atoms with Crippen LogP contribution >= 0.6 is 15.9 Å². The van der Waals surface area contributed by atoms with Crippen LogP contribution in [0.2, 0.25) is 0 Å². The van der Waals surface area contributed by atoms with Crippen molar-refractivity contribution >= 4 is 21.9 Å². The fourth-order valence-electron chi connectivity index (χ4n) is 2.22. The Balaban J connectivity index is 1.54. The number of ether oxygens (including phenoxy) is 3. The van der Waals surface area contributed by atoms with Gasteiger partial charge in [-0.1, -0.05) is 0 Å². The van der Waals surface area contributed by atoms with E-state index < -0.39 is 11.8 Å². The molecule has 0 radical (unpaired) electrons. The van der Waals surface area contributed by atoms with Crippen molar-refractivity contribution in [1.29, 1.82) is 0 Å². The standard InChI is InChI=1S/C17H16BrFN6O4/c1-2-27-16(26)10-25-17(22-23-24-25)13-8-21-15(9-20-13)29-6-5-28-14-7-11(19)3-4-12(14)18/h3-4,7-9H,2,5-6,10H2,1H3. The van der Waals surface area contributed by atoms with Gasteiger partial charge in [-0.15, -0.1) is 5.10 Å². The summed E-state index contributed by atoms with van der Waals surface area (Å²) in [4.78, 5) is 19.9. The summed E-state index contributed by atoms with van der Waals surface area (Å²) in [5.74, 6) is 0.0645. The molecule has 3 aromatic rings. The van der Waals surface area contributed by atoms with Gasteiger partial charge < -0.3 is 14.2 Å². The third-order valence-corrected chi connectivity index (χ3v) is 4.11. The highest BCUT2D eigenvalue weighted by molar-refractivity contribution is 9.10. The van der Waals surface area contributed by atoms with E-state index in [4.69, 9.17) is 14.2 Å². The first-order chi connectivity index (χ1) is 14.1. The number of carbonyl (C=O) groups excluding carboxylic acids is 1. The van der Waals surface area contributed by atoms with Gasteiger partial charge in [-0.2, -0.15) is 0 Å². The van der Waals surface area contributed by atoms with Gasteiger partial charge in [0.15, 0.2) is 0 Å². The third-order valence-electron chi connectivity index (χ3n) is 3.46. The van der Waals surface area contributed by atoms with Gasteiger partial charge in [0.2, 0.25) is 11.7 Å². The Labute approximate surface area is 173 Å². The maximum Gasteiger partial charge on any atom is 0.327 e. The van der Waals surface area contributed by atoms with Crippen LogP contribution in [0.25, 0.3) is 11.5 Å². The van der Waals surface area contributed by atoms with E-state index in [9.17, 15) is 9.18 Å². The van der Waals surface area contributed by atoms with Crippen LogP contribution in [0, 0.1) is 5.82 Å². The summed E-state index contributed by atoms with van der Waals surface area (Å²) in [6.07, 6.45) is 2.82. The van der Waals surface area contributed by atoms with Crippen molar-refractivity contribution in [3.05, 3.63) is 40.9 Å². The highest BCUT2D eigenvalue weighted by atomic mass is 79.9. The molecule has 0 unspecified atom stereocenters. The minimum atomic E-state index is -0.459. The lowest BCUT2D eigenvalue weighted by Gasteiger charge is -2.09. The largest absolute Gasteiger partial charge is 0.489 e. The normalized spacial score (nSPS) is 10.6. The van der Waals surface area contributed by atoms with Gasteiger partial charge in [0, 0.05) is 6.07 Å². The fourth-order valence-corrected chi connectivity index (χ4v) is 2.58. The van der Waals surface area contributed by atoms with Crippen LogP contribution in [0.3, 0.4) is 0 Å². The van der Waals surface area contributed by atoms with Gasteiger partial charge in [0.25, 0.3) is 0 Å². The van der Waals surface area contributed by atoms with E-state index >= 15 is 0 Å². The van der Waals surface area contributed by atoms with Gasteiger partial charge in [0.1, 0.15) is 37.0 Å². The summed E-state index contributed by atoms with van der Waals surface area (Å²) in [5.41, 5.74) is 0.367. The van der Waals surface area contributed by atoms with Gasteiger partial charge in [0.05, 0.1) is 23.5 Å². The van der Waals surface area contributed by atoms with Crippen LogP contribution in [-0.4, -0.2) is 56.0 Å². The summed E-state index contributed by atoms with van der Waals surface area (Å²) in [6.45, 7) is 2.20. The Morgan fingerprint density at radius 1 is 1.21 bits per heavy atom. The first-order valence-electron chi connectivity index (χ1n) is 8.51. The van der Waals surface area contributed by atoms with Crippen molar-refractivity contribution in [1.82, 2.24) is 30.2 Å². The number of rotatable bonds is 9. The zero-order chi connectivity index (χ0) is 20.6. The molecule has 0 aliphatic carbocycles. The topological polar surface area (TPSA) is 114 Å². The molecule has 12 heteroatoms. The highest BCUT2D eigenvalue weighted by Crippen LogP contribution is 2.25. The minimum absolute atomic E-state index is 0.136. The van der Waals surface area contributed by atoms with Crippen LogP contribution in [0.1, 0.15) is 6.92 Å². The van der Waals surface area contributed by atoms with Crippen molar-refractivity contribution < 1.29 is 23.4 Å². The molecule has 0 spiro atoms. The lowest BCUT2D eigenvalue weighted by Crippen LogP contribution is -2.16. The fraction of sp³-hybridized carbons (Fsp3) is 0.294. The number of aromatic nitrogens is 6. The van der Waals surface area contributed by atoms with Crippen molar-refractivity contribution in [2.24, 2.45) is 0 Å². The van der Waals surface area contributed by atoms with E-state index in [1.165, 1.54) is 29.2 Å². The highest BCUT2D eigenvalue weighted by Gasteiger charge is 2.14. The molecule has 152 valence electrons. The van der Waals surface area contributed by atoms with E-state index in [1.54, 1.807) is 13.0 Å². The summed E-state index contributed by atoms with van der Waals surface area (Å²) in [7, 11) is 0. The van der Waals surface area contributed by atoms with Gasteiger partial charge in [-0.05, 0) is 45.4 Å². The van der Waals surface area contributed by atoms with E-state index in [-0.39, 0.29) is 38.1 Å². The van der Waals surface area contributed by atoms with E-state index in [0.717, 1.165) is 0 Å². The monoisotopic (exact) mass is 466 g/mol. The number of esters is 1. The minimum Gasteiger partial charge on any atom is -0.489 e. The molecule has 10 nitrogen and oxygen atoms in total. The average molecular weight is 467 g/mol. The van der Waals surface area contributed by atoms with Crippen LogP contribution in [0.15, 0.2) is 35.1 Å². The van der Waals surface area contributed by atoms with E-state index in [1.807, 2.05) is 0 Å². The smallest absolute Gasteiger partial charge is 0.327 e. The van der Waals surface area contributed by atoms with Crippen molar-refractivity contribution in [2.45, 2.75) is 13.5 Å². The number of halogens is 2. The summed E-state index contributed by atoms with van der Waals surface area (Å²) in [6, 6.07) is 4.16. The molecule has 0 aliphatic rings. The Bertz CT molecular complexity index is 969. The SMILES string of the molecule is CCOC(=O)Cn1nnnc1-c1cnc(OCCOc2cc(F)ccc2Br)cn1. The second kappa shape index (κ2) is 9.87. The van der Waals surface area contributed by atoms with Gasteiger partial charge in [-0.3, -0.25) is 4.79 Å². The Morgan fingerprint density at radius 2 is 2.03 bits per heavy atom. The van der Waals surface area contributed by atoms with Gasteiger partial charge >= 0.3 is 5.97 Å². The molecule has 0 saturated heterocycles. The maximum absolute atomic E-state index is 13.2. The number of carbonyl (C=O) groups is 1. The first kappa shape index (κ1) is 20.6. The molecule has 0 amide bonds. The molecule has 0 fully saturated rings. The molecule has 0 bridgehead atoms. The molecular weight excluding hydrogens is 451 g/mol. The number of hydrogen-bond acceptors (Lipinski definition) is 9. The third kappa shape index (κ3) is 5.67. The predicted molar refractivity (Wildman–Crippen MR) is 101 cm³/mol. The Kier molecular flexibility index (Phi) is 7.00. The summed E-state index contributed by atoms with van der Waals surface area (Å²) >= 11 is 3.28. The molecule has 0 atom stereocenters. The Morgan fingerprint density at radius 3 is 2.79 bits per heavy atom. The second-order valence-corrected chi connectivity index (χ2v) is 6.33.